The number of halogens is 2. The zero-order valence-corrected chi connectivity index (χ0v) is 17.1. The lowest BCUT2D eigenvalue weighted by Gasteiger charge is -2.39. The number of hydrogen-bond donors (Lipinski definition) is 1. The van der Waals surface area contributed by atoms with Gasteiger partial charge in [-0.15, -0.1) is 10.2 Å². The summed E-state index contributed by atoms with van der Waals surface area (Å²) in [6, 6.07) is 11.2. The summed E-state index contributed by atoms with van der Waals surface area (Å²) in [5.41, 5.74) is 3.34. The number of ether oxygens (including phenoxy) is 1. The van der Waals surface area contributed by atoms with Crippen LogP contribution in [0.25, 0.3) is 5.69 Å². The average Bonchev–Trinajstić information content (AvgIpc) is 3.27. The fraction of sp³-hybridized carbons (Fsp3) is 0.364. The third-order valence-corrected chi connectivity index (χ3v) is 6.74. The van der Waals surface area contributed by atoms with Crippen molar-refractivity contribution in [1.29, 1.82) is 0 Å². The van der Waals surface area contributed by atoms with Crippen LogP contribution in [0.15, 0.2) is 36.4 Å². The van der Waals surface area contributed by atoms with Crippen LogP contribution in [0.1, 0.15) is 35.4 Å². The lowest BCUT2D eigenvalue weighted by molar-refractivity contribution is -0.0569. The first-order valence-electron chi connectivity index (χ1n) is 10.3. The molecule has 1 N–H and O–H groups in total. The van der Waals surface area contributed by atoms with Gasteiger partial charge in [-0.3, -0.25) is 4.57 Å². The highest BCUT2D eigenvalue weighted by molar-refractivity contribution is 6.30. The molecule has 1 saturated heterocycles. The lowest BCUT2D eigenvalue weighted by atomic mass is 9.83. The van der Waals surface area contributed by atoms with E-state index in [1.807, 2.05) is 24.3 Å². The molecule has 4 heterocycles. The molecule has 0 unspecified atom stereocenters. The molecule has 0 atom stereocenters. The highest BCUT2D eigenvalue weighted by Gasteiger charge is 2.45. The minimum absolute atomic E-state index is 0.160. The van der Waals surface area contributed by atoms with Crippen molar-refractivity contribution < 1.29 is 9.13 Å². The maximum Gasteiger partial charge on any atom is 0.231 e. The molecule has 8 heteroatoms. The summed E-state index contributed by atoms with van der Waals surface area (Å²) >= 11 is 6.22. The van der Waals surface area contributed by atoms with E-state index in [9.17, 15) is 4.39 Å². The van der Waals surface area contributed by atoms with Crippen molar-refractivity contribution in [2.45, 2.75) is 38.1 Å². The number of anilines is 1. The van der Waals surface area contributed by atoms with Crippen LogP contribution in [0.4, 0.5) is 10.3 Å². The monoisotopic (exact) mass is 425 g/mol. The van der Waals surface area contributed by atoms with E-state index in [1.54, 1.807) is 6.07 Å². The molecule has 154 valence electrons. The fourth-order valence-electron chi connectivity index (χ4n) is 5.05. The molecule has 0 bridgehead atoms. The smallest absolute Gasteiger partial charge is 0.231 e. The van der Waals surface area contributed by atoms with Crippen LogP contribution in [-0.2, 0) is 30.0 Å². The highest BCUT2D eigenvalue weighted by Crippen LogP contribution is 2.46. The predicted molar refractivity (Wildman–Crippen MR) is 111 cm³/mol. The Morgan fingerprint density at radius 1 is 1.07 bits per heavy atom. The third-order valence-electron chi connectivity index (χ3n) is 6.51. The van der Waals surface area contributed by atoms with Crippen LogP contribution >= 0.6 is 11.6 Å². The van der Waals surface area contributed by atoms with Gasteiger partial charge in [-0.2, -0.15) is 0 Å². The van der Waals surface area contributed by atoms with Gasteiger partial charge in [-0.1, -0.05) is 23.7 Å². The van der Waals surface area contributed by atoms with Crippen molar-refractivity contribution in [2.24, 2.45) is 0 Å². The molecule has 3 aliphatic rings. The van der Waals surface area contributed by atoms with E-state index >= 15 is 0 Å². The number of nitrogens with zero attached hydrogens (tertiary/aromatic N) is 4. The van der Waals surface area contributed by atoms with Crippen LogP contribution in [0, 0.1) is 5.82 Å². The molecule has 0 amide bonds. The Balaban J connectivity index is 1.33. The van der Waals surface area contributed by atoms with Crippen LogP contribution in [-0.4, -0.2) is 27.9 Å². The molecule has 1 spiro atoms. The van der Waals surface area contributed by atoms with Gasteiger partial charge in [-0.05, 0) is 48.2 Å². The molecule has 3 aromatic rings. The summed E-state index contributed by atoms with van der Waals surface area (Å²) in [5, 5.41) is 13.1. The molecule has 2 aromatic carbocycles. The van der Waals surface area contributed by atoms with Gasteiger partial charge in [0.25, 0.3) is 0 Å². The summed E-state index contributed by atoms with van der Waals surface area (Å²) < 4.78 is 22.9. The molecule has 1 fully saturated rings. The largest absolute Gasteiger partial charge is 0.365 e. The first kappa shape index (κ1) is 18.3. The van der Waals surface area contributed by atoms with Crippen LogP contribution < -0.4 is 10.2 Å². The minimum Gasteiger partial charge on any atom is -0.365 e. The Hall–Kier alpha value is -2.48. The van der Waals surface area contributed by atoms with E-state index in [-0.39, 0.29) is 5.82 Å². The van der Waals surface area contributed by atoms with Crippen molar-refractivity contribution >= 4 is 17.5 Å². The van der Waals surface area contributed by atoms with Crippen molar-refractivity contribution in [1.82, 2.24) is 20.1 Å². The quantitative estimate of drug-likeness (QED) is 0.644. The second kappa shape index (κ2) is 6.77. The molecule has 0 radical (unpaired) electrons. The van der Waals surface area contributed by atoms with Gasteiger partial charge in [0.1, 0.15) is 11.4 Å². The number of nitrogens with one attached hydrogen (secondary N) is 1. The number of fused-ring (bicyclic) bond motifs is 5. The fourth-order valence-corrected chi connectivity index (χ4v) is 5.24. The van der Waals surface area contributed by atoms with Gasteiger partial charge in [0.15, 0.2) is 5.82 Å². The van der Waals surface area contributed by atoms with Gasteiger partial charge in [-0.25, -0.2) is 4.39 Å². The van der Waals surface area contributed by atoms with Gasteiger partial charge in [0, 0.05) is 30.2 Å². The second-order valence-corrected chi connectivity index (χ2v) is 8.61. The number of aromatic nitrogens is 3. The summed E-state index contributed by atoms with van der Waals surface area (Å²) in [6.45, 7) is 3.29. The maximum atomic E-state index is 14.6. The van der Waals surface area contributed by atoms with Crippen molar-refractivity contribution in [3.63, 3.8) is 0 Å². The van der Waals surface area contributed by atoms with Crippen LogP contribution in [0.5, 0.6) is 0 Å². The summed E-state index contributed by atoms with van der Waals surface area (Å²) in [5.74, 6) is 1.53. The highest BCUT2D eigenvalue weighted by atomic mass is 35.5. The number of rotatable bonds is 1. The molecular weight excluding hydrogens is 405 g/mol. The van der Waals surface area contributed by atoms with E-state index < -0.39 is 5.60 Å². The number of hydrogen-bond acceptors (Lipinski definition) is 5. The van der Waals surface area contributed by atoms with Gasteiger partial charge in [0.2, 0.25) is 5.95 Å². The summed E-state index contributed by atoms with van der Waals surface area (Å²) in [4.78, 5) is 2.23. The summed E-state index contributed by atoms with van der Waals surface area (Å²) in [6.07, 6.45) is 1.43. The van der Waals surface area contributed by atoms with Gasteiger partial charge >= 0.3 is 0 Å². The van der Waals surface area contributed by atoms with E-state index in [0.717, 1.165) is 66.6 Å². The Bertz CT molecular complexity index is 1140. The SMILES string of the molecule is Fc1cccc2c1C1(CCN(c3nnc4n3-c3ccc(Cl)cc3CNC4)CC1)OC2. The molecule has 3 aliphatic heterocycles. The zero-order chi connectivity index (χ0) is 20.3. The van der Waals surface area contributed by atoms with E-state index in [4.69, 9.17) is 16.3 Å². The Labute approximate surface area is 178 Å². The molecule has 1 aromatic heterocycles. The Morgan fingerprint density at radius 3 is 2.80 bits per heavy atom. The van der Waals surface area contributed by atoms with E-state index in [2.05, 4.69) is 25.0 Å². The number of benzene rings is 2. The third kappa shape index (κ3) is 2.69. The van der Waals surface area contributed by atoms with E-state index in [1.165, 1.54) is 6.07 Å². The topological polar surface area (TPSA) is 55.2 Å². The number of piperidine rings is 1. The first-order valence-corrected chi connectivity index (χ1v) is 10.6. The van der Waals surface area contributed by atoms with Crippen LogP contribution in [0.3, 0.4) is 0 Å². The Kier molecular flexibility index (Phi) is 4.13. The van der Waals surface area contributed by atoms with E-state index in [0.29, 0.717) is 18.2 Å². The average molecular weight is 426 g/mol. The van der Waals surface area contributed by atoms with Crippen LogP contribution in [0.2, 0.25) is 5.02 Å². The van der Waals surface area contributed by atoms with Crippen molar-refractivity contribution in [2.75, 3.05) is 18.0 Å². The standard InChI is InChI=1S/C22H21ClFN5O/c23-16-4-5-18-15(10-16)11-25-12-19-26-27-21(29(18)19)28-8-6-22(7-9-28)20-14(13-30-22)2-1-3-17(20)24/h1-5,10,25H,6-9,11-13H2. The normalized spacial score (nSPS) is 19.3. The minimum atomic E-state index is -0.536. The zero-order valence-electron chi connectivity index (χ0n) is 16.4. The predicted octanol–water partition coefficient (Wildman–Crippen LogP) is 3.69. The van der Waals surface area contributed by atoms with Crippen molar-refractivity contribution in [3.05, 3.63) is 69.8 Å². The van der Waals surface area contributed by atoms with Crippen molar-refractivity contribution in [3.8, 4) is 5.69 Å². The molecular formula is C22H21ClFN5O. The Morgan fingerprint density at radius 2 is 1.93 bits per heavy atom. The molecule has 6 rings (SSSR count). The first-order chi connectivity index (χ1) is 14.6. The lowest BCUT2D eigenvalue weighted by Crippen LogP contribution is -2.44. The second-order valence-electron chi connectivity index (χ2n) is 8.17. The van der Waals surface area contributed by atoms with Gasteiger partial charge in [0.05, 0.1) is 18.8 Å². The molecule has 0 saturated carbocycles. The summed E-state index contributed by atoms with van der Waals surface area (Å²) in [7, 11) is 0. The molecule has 0 aliphatic carbocycles. The maximum absolute atomic E-state index is 14.6. The van der Waals surface area contributed by atoms with Gasteiger partial charge < -0.3 is 15.0 Å². The molecule has 6 nitrogen and oxygen atoms in total. The molecule has 30 heavy (non-hydrogen) atoms.